The minimum atomic E-state index is 0.507. The maximum absolute atomic E-state index is 3.56. The van der Waals surface area contributed by atoms with Crippen molar-refractivity contribution in [3.63, 3.8) is 0 Å². The third kappa shape index (κ3) is 2.30. The van der Waals surface area contributed by atoms with E-state index in [-0.39, 0.29) is 0 Å². The molecule has 0 spiro atoms. The third-order valence-electron chi connectivity index (χ3n) is 5.34. The van der Waals surface area contributed by atoms with Crippen LogP contribution in [0, 0.1) is 22.7 Å². The van der Waals surface area contributed by atoms with Crippen molar-refractivity contribution < 1.29 is 0 Å². The molecule has 1 saturated carbocycles. The van der Waals surface area contributed by atoms with Crippen LogP contribution in [0.15, 0.2) is 0 Å². The lowest BCUT2D eigenvalue weighted by Gasteiger charge is -2.22. The Labute approximate surface area is 102 Å². The van der Waals surface area contributed by atoms with Crippen LogP contribution in [0.1, 0.15) is 60.8 Å². The van der Waals surface area contributed by atoms with Gasteiger partial charge in [-0.05, 0) is 36.1 Å². The smallest absolute Gasteiger partial charge is 0.0105 e. The maximum Gasteiger partial charge on any atom is 0.0105 e. The molecule has 1 rings (SSSR count). The van der Waals surface area contributed by atoms with E-state index in [1.165, 1.54) is 19.3 Å². The van der Waals surface area contributed by atoms with E-state index in [4.69, 9.17) is 0 Å². The molecule has 0 saturated heterocycles. The molecule has 0 amide bonds. The zero-order chi connectivity index (χ0) is 12.6. The molecule has 1 heteroatoms. The van der Waals surface area contributed by atoms with Crippen LogP contribution >= 0.6 is 0 Å². The molecule has 1 fully saturated rings. The lowest BCUT2D eigenvalue weighted by Crippen LogP contribution is -2.32. The van der Waals surface area contributed by atoms with Gasteiger partial charge in [-0.2, -0.15) is 0 Å². The van der Waals surface area contributed by atoms with Crippen LogP contribution in [0.3, 0.4) is 0 Å². The summed E-state index contributed by atoms with van der Waals surface area (Å²) in [4.78, 5) is 0. The van der Waals surface area contributed by atoms with E-state index in [9.17, 15) is 0 Å². The number of hydrogen-bond donors (Lipinski definition) is 1. The van der Waals surface area contributed by atoms with Gasteiger partial charge in [-0.15, -0.1) is 0 Å². The lowest BCUT2D eigenvalue weighted by atomic mass is 9.91. The van der Waals surface area contributed by atoms with Gasteiger partial charge in [0.15, 0.2) is 0 Å². The highest BCUT2D eigenvalue weighted by molar-refractivity contribution is 5.16. The summed E-state index contributed by atoms with van der Waals surface area (Å²) in [6, 6.07) is 0.701. The SMILES string of the molecule is CCCC(C)CC(NC)C1C(C)(C)C1(C)C. The van der Waals surface area contributed by atoms with Gasteiger partial charge in [-0.25, -0.2) is 0 Å². The molecule has 1 N–H and O–H groups in total. The average Bonchev–Trinajstić information content (AvgIpc) is 2.55. The second-order valence-electron chi connectivity index (χ2n) is 6.95. The van der Waals surface area contributed by atoms with Gasteiger partial charge < -0.3 is 5.32 Å². The van der Waals surface area contributed by atoms with Crippen molar-refractivity contribution >= 4 is 0 Å². The van der Waals surface area contributed by atoms with Crippen LogP contribution in [0.4, 0.5) is 0 Å². The second kappa shape index (κ2) is 4.68. The molecule has 0 heterocycles. The summed E-state index contributed by atoms with van der Waals surface area (Å²) in [6.07, 6.45) is 4.02. The van der Waals surface area contributed by atoms with Crippen molar-refractivity contribution in [3.8, 4) is 0 Å². The van der Waals surface area contributed by atoms with Crippen LogP contribution < -0.4 is 5.32 Å². The molecule has 16 heavy (non-hydrogen) atoms. The Morgan fingerprint density at radius 2 is 1.62 bits per heavy atom. The van der Waals surface area contributed by atoms with E-state index < -0.39 is 0 Å². The van der Waals surface area contributed by atoms with Crippen molar-refractivity contribution in [2.75, 3.05) is 7.05 Å². The Morgan fingerprint density at radius 1 is 1.12 bits per heavy atom. The Bertz CT molecular complexity index is 216. The zero-order valence-corrected chi connectivity index (χ0v) is 12.4. The molecule has 2 unspecified atom stereocenters. The van der Waals surface area contributed by atoms with Gasteiger partial charge in [-0.3, -0.25) is 0 Å². The largest absolute Gasteiger partial charge is 0.317 e. The van der Waals surface area contributed by atoms with E-state index >= 15 is 0 Å². The zero-order valence-electron chi connectivity index (χ0n) is 12.4. The first-order valence-electron chi connectivity index (χ1n) is 6.96. The Balaban J connectivity index is 2.57. The number of rotatable bonds is 6. The van der Waals surface area contributed by atoms with Gasteiger partial charge in [0.05, 0.1) is 0 Å². The fourth-order valence-electron chi connectivity index (χ4n) is 3.72. The predicted molar refractivity (Wildman–Crippen MR) is 72.6 cm³/mol. The number of nitrogens with one attached hydrogen (secondary N) is 1. The minimum absolute atomic E-state index is 0.507. The molecular weight excluding hydrogens is 194 g/mol. The van der Waals surface area contributed by atoms with Crippen LogP contribution in [-0.2, 0) is 0 Å². The van der Waals surface area contributed by atoms with E-state index in [2.05, 4.69) is 53.9 Å². The van der Waals surface area contributed by atoms with Crippen molar-refractivity contribution in [1.82, 2.24) is 5.32 Å². The predicted octanol–water partition coefficient (Wildman–Crippen LogP) is 4.08. The summed E-state index contributed by atoms with van der Waals surface area (Å²) in [7, 11) is 2.13. The van der Waals surface area contributed by atoms with Crippen molar-refractivity contribution in [3.05, 3.63) is 0 Å². The fourth-order valence-corrected chi connectivity index (χ4v) is 3.72. The second-order valence-corrected chi connectivity index (χ2v) is 6.95. The molecule has 0 radical (unpaired) electrons. The Hall–Kier alpha value is -0.0400. The third-order valence-corrected chi connectivity index (χ3v) is 5.34. The monoisotopic (exact) mass is 225 g/mol. The standard InChI is InChI=1S/C15H31N/c1-8-9-11(2)10-12(16-7)13-14(3,4)15(13,5)6/h11-13,16H,8-10H2,1-7H3. The molecule has 2 atom stereocenters. The van der Waals surface area contributed by atoms with E-state index in [1.54, 1.807) is 0 Å². The van der Waals surface area contributed by atoms with Gasteiger partial charge in [0.2, 0.25) is 0 Å². The number of hydrogen-bond acceptors (Lipinski definition) is 1. The molecule has 0 bridgehead atoms. The topological polar surface area (TPSA) is 12.0 Å². The highest BCUT2D eigenvalue weighted by Crippen LogP contribution is 2.70. The van der Waals surface area contributed by atoms with Gasteiger partial charge in [-0.1, -0.05) is 54.4 Å². The highest BCUT2D eigenvalue weighted by Gasteiger charge is 2.66. The van der Waals surface area contributed by atoms with Gasteiger partial charge in [0, 0.05) is 6.04 Å². The fraction of sp³-hybridized carbons (Fsp3) is 1.00. The first kappa shape index (κ1) is 14.0. The van der Waals surface area contributed by atoms with Crippen molar-refractivity contribution in [1.29, 1.82) is 0 Å². The molecule has 0 aromatic heterocycles. The molecule has 0 aromatic rings. The first-order valence-corrected chi connectivity index (χ1v) is 6.96. The summed E-state index contributed by atoms with van der Waals surface area (Å²) < 4.78 is 0. The van der Waals surface area contributed by atoms with Crippen LogP contribution in [-0.4, -0.2) is 13.1 Å². The summed E-state index contributed by atoms with van der Waals surface area (Å²) >= 11 is 0. The normalized spacial score (nSPS) is 26.4. The molecule has 96 valence electrons. The molecule has 1 nitrogen and oxygen atoms in total. The van der Waals surface area contributed by atoms with Crippen LogP contribution in [0.25, 0.3) is 0 Å². The van der Waals surface area contributed by atoms with E-state index in [1.807, 2.05) is 0 Å². The molecule has 0 aliphatic heterocycles. The van der Waals surface area contributed by atoms with Crippen LogP contribution in [0.5, 0.6) is 0 Å². The molecule has 1 aliphatic carbocycles. The molecule has 1 aliphatic rings. The highest BCUT2D eigenvalue weighted by atomic mass is 14.9. The average molecular weight is 225 g/mol. The summed E-state index contributed by atoms with van der Waals surface area (Å²) in [5, 5.41) is 3.56. The molecular formula is C15H31N. The molecule has 0 aromatic carbocycles. The summed E-state index contributed by atoms with van der Waals surface area (Å²) in [5.41, 5.74) is 1.01. The summed E-state index contributed by atoms with van der Waals surface area (Å²) in [6.45, 7) is 14.4. The Morgan fingerprint density at radius 3 is 1.94 bits per heavy atom. The maximum atomic E-state index is 3.56. The van der Waals surface area contributed by atoms with Gasteiger partial charge in [0.1, 0.15) is 0 Å². The van der Waals surface area contributed by atoms with E-state index in [0.29, 0.717) is 16.9 Å². The Kier molecular flexibility index (Phi) is 4.10. The summed E-state index contributed by atoms with van der Waals surface area (Å²) in [5.74, 6) is 1.69. The van der Waals surface area contributed by atoms with Crippen molar-refractivity contribution in [2.45, 2.75) is 66.8 Å². The minimum Gasteiger partial charge on any atom is -0.317 e. The van der Waals surface area contributed by atoms with Gasteiger partial charge >= 0.3 is 0 Å². The lowest BCUT2D eigenvalue weighted by molar-refractivity contribution is 0.335. The first-order chi connectivity index (χ1) is 7.29. The quantitative estimate of drug-likeness (QED) is 0.718. The van der Waals surface area contributed by atoms with E-state index in [0.717, 1.165) is 11.8 Å². The van der Waals surface area contributed by atoms with Crippen molar-refractivity contribution in [2.24, 2.45) is 22.7 Å². The van der Waals surface area contributed by atoms with Gasteiger partial charge in [0.25, 0.3) is 0 Å². The van der Waals surface area contributed by atoms with Crippen LogP contribution in [0.2, 0.25) is 0 Å².